The number of anilines is 3. The van der Waals surface area contributed by atoms with Crippen molar-refractivity contribution in [2.24, 2.45) is 0 Å². The van der Waals surface area contributed by atoms with Crippen LogP contribution in [-0.4, -0.2) is 36.8 Å². The third kappa shape index (κ3) is 3.34. The van der Waals surface area contributed by atoms with Crippen LogP contribution >= 0.6 is 11.3 Å². The molecule has 4 rings (SSSR count). The van der Waals surface area contributed by atoms with Crippen LogP contribution < -0.4 is 15.1 Å². The van der Waals surface area contributed by atoms with Gasteiger partial charge in [0.2, 0.25) is 11.8 Å². The van der Waals surface area contributed by atoms with Crippen LogP contribution in [0.15, 0.2) is 42.5 Å². The molecule has 0 atom stereocenters. The molecule has 2 aromatic carbocycles. The molecule has 1 N–H and O–H groups in total. The van der Waals surface area contributed by atoms with E-state index in [4.69, 9.17) is 0 Å². The SMILES string of the molecule is CN(C)c1ccc(NC(=O)c2ccc3nc(N4C(=O)CCC4=O)sc3c2)cc1. The number of thiazole rings is 1. The van der Waals surface area contributed by atoms with Crippen molar-refractivity contribution in [2.45, 2.75) is 12.8 Å². The molecule has 0 aliphatic carbocycles. The number of hydrogen-bond acceptors (Lipinski definition) is 6. The summed E-state index contributed by atoms with van der Waals surface area (Å²) in [7, 11) is 3.91. The molecule has 1 aromatic heterocycles. The fourth-order valence-corrected chi connectivity index (χ4v) is 4.03. The minimum absolute atomic E-state index is 0.217. The van der Waals surface area contributed by atoms with E-state index in [1.165, 1.54) is 11.3 Å². The van der Waals surface area contributed by atoms with E-state index in [1.54, 1.807) is 18.2 Å². The quantitative estimate of drug-likeness (QED) is 0.687. The van der Waals surface area contributed by atoms with Crippen molar-refractivity contribution in [3.8, 4) is 0 Å². The number of imide groups is 1. The molecule has 1 fully saturated rings. The van der Waals surface area contributed by atoms with Crippen LogP contribution in [-0.2, 0) is 9.59 Å². The maximum atomic E-state index is 12.6. The Morgan fingerprint density at radius 3 is 2.39 bits per heavy atom. The van der Waals surface area contributed by atoms with Crippen molar-refractivity contribution in [1.29, 1.82) is 0 Å². The third-order valence-electron chi connectivity index (χ3n) is 4.52. The van der Waals surface area contributed by atoms with Crippen molar-refractivity contribution in [3.63, 3.8) is 0 Å². The lowest BCUT2D eigenvalue weighted by molar-refractivity contribution is -0.121. The number of nitrogens with one attached hydrogen (secondary N) is 1. The van der Waals surface area contributed by atoms with E-state index in [-0.39, 0.29) is 30.6 Å². The van der Waals surface area contributed by atoms with Gasteiger partial charge in [-0.25, -0.2) is 9.88 Å². The number of carbonyl (C=O) groups excluding carboxylic acids is 3. The van der Waals surface area contributed by atoms with E-state index in [2.05, 4.69) is 10.3 Å². The summed E-state index contributed by atoms with van der Waals surface area (Å²) in [6.45, 7) is 0. The van der Waals surface area contributed by atoms with Crippen LogP contribution in [0.25, 0.3) is 10.2 Å². The second kappa shape index (κ2) is 7.05. The lowest BCUT2D eigenvalue weighted by atomic mass is 10.2. The molecule has 7 nitrogen and oxygen atoms in total. The van der Waals surface area contributed by atoms with E-state index < -0.39 is 0 Å². The average molecular weight is 394 g/mol. The minimum atomic E-state index is -0.234. The third-order valence-corrected chi connectivity index (χ3v) is 5.53. The smallest absolute Gasteiger partial charge is 0.255 e. The summed E-state index contributed by atoms with van der Waals surface area (Å²) in [6.07, 6.45) is 0.435. The van der Waals surface area contributed by atoms with Crippen molar-refractivity contribution in [2.75, 3.05) is 29.2 Å². The highest BCUT2D eigenvalue weighted by Gasteiger charge is 2.32. The Morgan fingerprint density at radius 2 is 1.75 bits per heavy atom. The number of carbonyl (C=O) groups is 3. The van der Waals surface area contributed by atoms with Gasteiger partial charge in [0.15, 0.2) is 5.13 Å². The van der Waals surface area contributed by atoms with Gasteiger partial charge in [-0.05, 0) is 42.5 Å². The van der Waals surface area contributed by atoms with E-state index in [0.29, 0.717) is 21.9 Å². The normalized spacial score (nSPS) is 14.0. The number of benzene rings is 2. The van der Waals surface area contributed by atoms with Gasteiger partial charge in [-0.3, -0.25) is 14.4 Å². The number of nitrogens with zero attached hydrogens (tertiary/aromatic N) is 3. The van der Waals surface area contributed by atoms with Crippen LogP contribution in [0.5, 0.6) is 0 Å². The fourth-order valence-electron chi connectivity index (χ4n) is 2.99. The van der Waals surface area contributed by atoms with Gasteiger partial charge >= 0.3 is 0 Å². The average Bonchev–Trinajstić information content (AvgIpc) is 3.23. The zero-order chi connectivity index (χ0) is 19.8. The Morgan fingerprint density at radius 1 is 1.07 bits per heavy atom. The van der Waals surface area contributed by atoms with Gasteiger partial charge in [0, 0.05) is 43.9 Å². The number of fused-ring (bicyclic) bond motifs is 1. The van der Waals surface area contributed by atoms with Gasteiger partial charge in [0.1, 0.15) is 0 Å². The Labute approximate surface area is 165 Å². The monoisotopic (exact) mass is 394 g/mol. The van der Waals surface area contributed by atoms with Crippen molar-refractivity contribution >= 4 is 55.8 Å². The van der Waals surface area contributed by atoms with Crippen LogP contribution in [0.2, 0.25) is 0 Å². The zero-order valence-corrected chi connectivity index (χ0v) is 16.2. The molecule has 142 valence electrons. The first-order chi connectivity index (χ1) is 13.4. The van der Waals surface area contributed by atoms with E-state index >= 15 is 0 Å². The largest absolute Gasteiger partial charge is 0.378 e. The molecule has 3 aromatic rings. The van der Waals surface area contributed by atoms with Crippen molar-refractivity contribution in [3.05, 3.63) is 48.0 Å². The van der Waals surface area contributed by atoms with E-state index in [1.807, 2.05) is 43.3 Å². The highest BCUT2D eigenvalue weighted by Crippen LogP contribution is 2.32. The maximum Gasteiger partial charge on any atom is 0.255 e. The molecule has 0 bridgehead atoms. The summed E-state index contributed by atoms with van der Waals surface area (Å²) >= 11 is 1.23. The molecular formula is C20H18N4O3S. The predicted octanol–water partition coefficient (Wildman–Crippen LogP) is 3.27. The van der Waals surface area contributed by atoms with Crippen LogP contribution in [0.3, 0.4) is 0 Å². The van der Waals surface area contributed by atoms with E-state index in [9.17, 15) is 14.4 Å². The Hall–Kier alpha value is -3.26. The predicted molar refractivity (Wildman–Crippen MR) is 110 cm³/mol. The molecule has 0 radical (unpaired) electrons. The molecule has 3 amide bonds. The summed E-state index contributed by atoms with van der Waals surface area (Å²) in [6, 6.07) is 12.7. The van der Waals surface area contributed by atoms with Gasteiger partial charge in [-0.2, -0.15) is 0 Å². The molecule has 28 heavy (non-hydrogen) atoms. The molecule has 1 aliphatic rings. The summed E-state index contributed by atoms with van der Waals surface area (Å²) in [5, 5.41) is 3.23. The standard InChI is InChI=1S/C20H18N4O3S/c1-23(2)14-6-4-13(5-7-14)21-19(27)12-3-8-15-16(11-12)28-20(22-15)24-17(25)9-10-18(24)26/h3-8,11H,9-10H2,1-2H3,(H,21,27). The molecule has 1 saturated heterocycles. The Kier molecular flexibility index (Phi) is 4.56. The number of rotatable bonds is 4. The lowest BCUT2D eigenvalue weighted by Gasteiger charge is -2.13. The number of amides is 3. The molecule has 2 heterocycles. The second-order valence-corrected chi connectivity index (χ2v) is 7.71. The summed E-state index contributed by atoms with van der Waals surface area (Å²) in [4.78, 5) is 43.9. The first-order valence-electron chi connectivity index (χ1n) is 8.77. The van der Waals surface area contributed by atoms with Crippen LogP contribution in [0.1, 0.15) is 23.2 Å². The van der Waals surface area contributed by atoms with Crippen molar-refractivity contribution in [1.82, 2.24) is 4.98 Å². The molecule has 1 aliphatic heterocycles. The van der Waals surface area contributed by atoms with Crippen LogP contribution in [0.4, 0.5) is 16.5 Å². The topological polar surface area (TPSA) is 82.6 Å². The summed E-state index contributed by atoms with van der Waals surface area (Å²) in [5.41, 5.74) is 2.88. The molecule has 8 heteroatoms. The molecule has 0 spiro atoms. The van der Waals surface area contributed by atoms with Gasteiger partial charge in [0.05, 0.1) is 10.2 Å². The Balaban J connectivity index is 1.56. The first-order valence-corrected chi connectivity index (χ1v) is 9.59. The molecule has 0 saturated carbocycles. The second-order valence-electron chi connectivity index (χ2n) is 6.70. The lowest BCUT2D eigenvalue weighted by Crippen LogP contribution is -2.28. The fraction of sp³-hybridized carbons (Fsp3) is 0.200. The minimum Gasteiger partial charge on any atom is -0.378 e. The van der Waals surface area contributed by atoms with Gasteiger partial charge < -0.3 is 10.2 Å². The van der Waals surface area contributed by atoms with Crippen LogP contribution in [0, 0.1) is 0 Å². The maximum absolute atomic E-state index is 12.6. The summed E-state index contributed by atoms with van der Waals surface area (Å²) in [5.74, 6) is -0.700. The van der Waals surface area contributed by atoms with Gasteiger partial charge in [-0.1, -0.05) is 11.3 Å². The summed E-state index contributed by atoms with van der Waals surface area (Å²) < 4.78 is 0.748. The highest BCUT2D eigenvalue weighted by molar-refractivity contribution is 7.22. The highest BCUT2D eigenvalue weighted by atomic mass is 32.1. The number of hydrogen-bond donors (Lipinski definition) is 1. The van der Waals surface area contributed by atoms with Crippen molar-refractivity contribution < 1.29 is 14.4 Å². The first kappa shape index (κ1) is 18.1. The van der Waals surface area contributed by atoms with Gasteiger partial charge in [-0.15, -0.1) is 0 Å². The molecular weight excluding hydrogens is 376 g/mol. The number of aromatic nitrogens is 1. The van der Waals surface area contributed by atoms with Gasteiger partial charge in [0.25, 0.3) is 5.91 Å². The molecule has 0 unspecified atom stereocenters. The Bertz CT molecular complexity index is 1070. The van der Waals surface area contributed by atoms with E-state index in [0.717, 1.165) is 15.3 Å². The zero-order valence-electron chi connectivity index (χ0n) is 15.4.